The van der Waals surface area contributed by atoms with E-state index < -0.39 is 0 Å². The zero-order valence-corrected chi connectivity index (χ0v) is 11.3. The van der Waals surface area contributed by atoms with Crippen molar-refractivity contribution in [2.75, 3.05) is 25.6 Å². The zero-order chi connectivity index (χ0) is 13.7. The van der Waals surface area contributed by atoms with Gasteiger partial charge in [0.2, 0.25) is 5.91 Å². The van der Waals surface area contributed by atoms with Crippen molar-refractivity contribution in [3.05, 3.63) is 24.3 Å². The highest BCUT2D eigenvalue weighted by Gasteiger charge is 2.29. The van der Waals surface area contributed by atoms with Crippen LogP contribution in [0.5, 0.6) is 5.75 Å². The quantitative estimate of drug-likeness (QED) is 0.844. The lowest BCUT2D eigenvalue weighted by Gasteiger charge is -2.11. The molecule has 19 heavy (non-hydrogen) atoms. The van der Waals surface area contributed by atoms with Crippen molar-refractivity contribution < 1.29 is 14.3 Å². The molecule has 0 radical (unpaired) electrons. The highest BCUT2D eigenvalue weighted by Crippen LogP contribution is 2.17. The van der Waals surface area contributed by atoms with Crippen LogP contribution in [0, 0.1) is 0 Å². The topological polar surface area (TPSA) is 59.6 Å². The van der Waals surface area contributed by atoms with Crippen molar-refractivity contribution in [3.63, 3.8) is 0 Å². The van der Waals surface area contributed by atoms with Crippen LogP contribution in [0.2, 0.25) is 0 Å². The molecule has 0 aromatic heterocycles. The number of hydrogen-bond donors (Lipinski definition) is 2. The maximum atomic E-state index is 12.0. The third-order valence-corrected chi connectivity index (χ3v) is 3.17. The summed E-state index contributed by atoms with van der Waals surface area (Å²) in [4.78, 5) is 12.0. The van der Waals surface area contributed by atoms with Crippen molar-refractivity contribution in [1.82, 2.24) is 5.32 Å². The summed E-state index contributed by atoms with van der Waals surface area (Å²) in [5.74, 6) is 0.780. The minimum absolute atomic E-state index is 0.0243. The van der Waals surface area contributed by atoms with Gasteiger partial charge >= 0.3 is 0 Å². The minimum atomic E-state index is -0.184. The molecule has 1 aromatic rings. The maximum absolute atomic E-state index is 12.0. The Balaban J connectivity index is 1.88. The Hall–Kier alpha value is -1.59. The van der Waals surface area contributed by atoms with Gasteiger partial charge in [0.05, 0.1) is 18.8 Å². The van der Waals surface area contributed by atoms with Gasteiger partial charge in [0.1, 0.15) is 5.75 Å². The van der Waals surface area contributed by atoms with E-state index in [1.165, 1.54) is 0 Å². The Morgan fingerprint density at radius 3 is 2.74 bits per heavy atom. The van der Waals surface area contributed by atoms with Crippen LogP contribution in [0.25, 0.3) is 0 Å². The first-order valence-electron chi connectivity index (χ1n) is 6.52. The molecule has 104 valence electrons. The van der Waals surface area contributed by atoms with E-state index in [1.54, 1.807) is 7.11 Å². The van der Waals surface area contributed by atoms with Crippen LogP contribution < -0.4 is 15.4 Å². The molecule has 1 amide bonds. The summed E-state index contributed by atoms with van der Waals surface area (Å²) in [6.07, 6.45) is 0.829. The molecule has 0 bridgehead atoms. The maximum Gasteiger partial charge on any atom is 0.241 e. The molecule has 2 atom stereocenters. The summed E-state index contributed by atoms with van der Waals surface area (Å²) in [6, 6.07) is 7.19. The molecule has 1 saturated heterocycles. The van der Waals surface area contributed by atoms with Crippen LogP contribution >= 0.6 is 0 Å². The summed E-state index contributed by atoms with van der Waals surface area (Å²) < 4.78 is 10.6. The van der Waals surface area contributed by atoms with Gasteiger partial charge in [0, 0.05) is 19.3 Å². The van der Waals surface area contributed by atoms with Gasteiger partial charge in [-0.05, 0) is 37.6 Å². The van der Waals surface area contributed by atoms with E-state index in [9.17, 15) is 4.79 Å². The average Bonchev–Trinajstić information content (AvgIpc) is 2.90. The van der Waals surface area contributed by atoms with Crippen molar-refractivity contribution in [3.8, 4) is 5.75 Å². The summed E-state index contributed by atoms with van der Waals surface area (Å²) in [5, 5.41) is 6.03. The summed E-state index contributed by atoms with van der Waals surface area (Å²) in [7, 11) is 1.67. The van der Waals surface area contributed by atoms with E-state index >= 15 is 0 Å². The smallest absolute Gasteiger partial charge is 0.241 e. The Labute approximate surface area is 113 Å². The van der Waals surface area contributed by atoms with E-state index in [4.69, 9.17) is 9.47 Å². The van der Waals surface area contributed by atoms with E-state index in [2.05, 4.69) is 10.6 Å². The summed E-state index contributed by atoms with van der Waals surface area (Å²) in [5.41, 5.74) is 0.774. The number of anilines is 1. The van der Waals surface area contributed by atoms with E-state index in [0.29, 0.717) is 13.0 Å². The Kier molecular flexibility index (Phi) is 4.76. The lowest BCUT2D eigenvalue weighted by atomic mass is 10.2. The normalized spacial score (nSPS) is 22.2. The number of carbonyl (C=O) groups is 1. The highest BCUT2D eigenvalue weighted by atomic mass is 16.5. The minimum Gasteiger partial charge on any atom is -0.494 e. The predicted octanol–water partition coefficient (Wildman–Crippen LogP) is 1.40. The second kappa shape index (κ2) is 6.54. The molecule has 1 aromatic carbocycles. The van der Waals surface area contributed by atoms with Crippen LogP contribution in [0.3, 0.4) is 0 Å². The first kappa shape index (κ1) is 13.8. The van der Waals surface area contributed by atoms with Gasteiger partial charge in [0.25, 0.3) is 0 Å². The number of rotatable bonds is 5. The Morgan fingerprint density at radius 2 is 2.16 bits per heavy atom. The van der Waals surface area contributed by atoms with Crippen LogP contribution in [-0.4, -0.2) is 38.3 Å². The molecule has 1 fully saturated rings. The molecule has 1 aliphatic rings. The van der Waals surface area contributed by atoms with Gasteiger partial charge in [-0.25, -0.2) is 0 Å². The first-order valence-corrected chi connectivity index (χ1v) is 6.52. The SMILES string of the molecule is CCOc1ccc(NC(=O)C2CC(OC)CN2)cc1. The molecule has 5 nitrogen and oxygen atoms in total. The number of ether oxygens (including phenoxy) is 2. The van der Waals surface area contributed by atoms with Crippen molar-refractivity contribution in [1.29, 1.82) is 0 Å². The molecule has 2 unspecified atom stereocenters. The number of nitrogens with one attached hydrogen (secondary N) is 2. The van der Waals surface area contributed by atoms with E-state index in [0.717, 1.165) is 18.0 Å². The molecule has 1 aliphatic heterocycles. The standard InChI is InChI=1S/C14H20N2O3/c1-3-19-11-6-4-10(5-7-11)16-14(17)13-8-12(18-2)9-15-13/h4-7,12-13,15H,3,8-9H2,1-2H3,(H,16,17). The second-order valence-corrected chi connectivity index (χ2v) is 4.50. The molecule has 0 saturated carbocycles. The van der Waals surface area contributed by atoms with Crippen molar-refractivity contribution in [2.24, 2.45) is 0 Å². The largest absolute Gasteiger partial charge is 0.494 e. The molecular weight excluding hydrogens is 244 g/mol. The van der Waals surface area contributed by atoms with Gasteiger partial charge in [-0.2, -0.15) is 0 Å². The lowest BCUT2D eigenvalue weighted by molar-refractivity contribution is -0.118. The molecule has 2 N–H and O–H groups in total. The first-order chi connectivity index (χ1) is 9.22. The fraction of sp³-hybridized carbons (Fsp3) is 0.500. The summed E-state index contributed by atoms with van der Waals surface area (Å²) >= 11 is 0. The van der Waals surface area contributed by atoms with E-state index in [1.807, 2.05) is 31.2 Å². The van der Waals surface area contributed by atoms with Gasteiger partial charge in [-0.15, -0.1) is 0 Å². The zero-order valence-electron chi connectivity index (χ0n) is 11.3. The Bertz CT molecular complexity index is 419. The second-order valence-electron chi connectivity index (χ2n) is 4.50. The number of amides is 1. The molecule has 1 heterocycles. The van der Waals surface area contributed by atoms with Crippen LogP contribution in [0.1, 0.15) is 13.3 Å². The van der Waals surface area contributed by atoms with Crippen molar-refractivity contribution >= 4 is 11.6 Å². The number of methoxy groups -OCH3 is 1. The third kappa shape index (κ3) is 3.68. The lowest BCUT2D eigenvalue weighted by Crippen LogP contribution is -2.35. The molecular formula is C14H20N2O3. The monoisotopic (exact) mass is 264 g/mol. The van der Waals surface area contributed by atoms with Gasteiger partial charge in [0.15, 0.2) is 0 Å². The highest BCUT2D eigenvalue weighted by molar-refractivity contribution is 5.95. The van der Waals surface area contributed by atoms with Gasteiger partial charge < -0.3 is 20.1 Å². The molecule has 2 rings (SSSR count). The van der Waals surface area contributed by atoms with Crippen LogP contribution in [0.4, 0.5) is 5.69 Å². The van der Waals surface area contributed by atoms with Gasteiger partial charge in [-0.3, -0.25) is 4.79 Å². The number of hydrogen-bond acceptors (Lipinski definition) is 4. The van der Waals surface area contributed by atoms with Gasteiger partial charge in [-0.1, -0.05) is 0 Å². The fourth-order valence-corrected chi connectivity index (χ4v) is 2.11. The summed E-state index contributed by atoms with van der Waals surface area (Å²) in [6.45, 7) is 3.29. The third-order valence-electron chi connectivity index (χ3n) is 3.17. The number of carbonyl (C=O) groups excluding carboxylic acids is 1. The van der Waals surface area contributed by atoms with Crippen LogP contribution in [0.15, 0.2) is 24.3 Å². The molecule has 5 heteroatoms. The predicted molar refractivity (Wildman–Crippen MR) is 73.4 cm³/mol. The number of benzene rings is 1. The molecule has 0 spiro atoms. The van der Waals surface area contributed by atoms with Crippen LogP contribution in [-0.2, 0) is 9.53 Å². The fourth-order valence-electron chi connectivity index (χ4n) is 2.11. The van der Waals surface area contributed by atoms with Crippen molar-refractivity contribution in [2.45, 2.75) is 25.5 Å². The Morgan fingerprint density at radius 1 is 1.42 bits per heavy atom. The molecule has 0 aliphatic carbocycles. The van der Waals surface area contributed by atoms with E-state index in [-0.39, 0.29) is 18.1 Å². The average molecular weight is 264 g/mol.